The van der Waals surface area contributed by atoms with Gasteiger partial charge in [0.1, 0.15) is 0 Å². The maximum Gasteiger partial charge on any atom is 0.307 e. The van der Waals surface area contributed by atoms with Crippen LogP contribution in [-0.2, 0) is 14.3 Å². The van der Waals surface area contributed by atoms with Crippen LogP contribution in [0.1, 0.15) is 26.7 Å². The molecule has 15 heavy (non-hydrogen) atoms. The number of nitrogens with two attached hydrogens (primary N) is 1. The number of carbonyl (C=O) groups excluding carboxylic acids is 2. The van der Waals surface area contributed by atoms with Crippen LogP contribution in [0.2, 0.25) is 0 Å². The first-order valence-electron chi connectivity index (χ1n) is 5.13. The Morgan fingerprint density at radius 1 is 1.47 bits per heavy atom. The van der Waals surface area contributed by atoms with Gasteiger partial charge in [-0.2, -0.15) is 0 Å². The lowest BCUT2D eigenvalue weighted by Gasteiger charge is -2.17. The molecule has 0 aliphatic carbocycles. The van der Waals surface area contributed by atoms with Crippen molar-refractivity contribution in [2.75, 3.05) is 13.7 Å². The molecule has 0 spiro atoms. The molecule has 0 aliphatic rings. The van der Waals surface area contributed by atoms with Crippen molar-refractivity contribution in [3.8, 4) is 0 Å². The second kappa shape index (κ2) is 7.23. The Morgan fingerprint density at radius 2 is 2.07 bits per heavy atom. The van der Waals surface area contributed by atoms with Gasteiger partial charge in [0.25, 0.3) is 0 Å². The molecule has 0 saturated carbocycles. The minimum absolute atomic E-state index is 0.142. The molecule has 5 heteroatoms. The van der Waals surface area contributed by atoms with E-state index < -0.39 is 6.04 Å². The zero-order chi connectivity index (χ0) is 11.8. The average molecular weight is 216 g/mol. The molecule has 0 unspecified atom stereocenters. The molecule has 0 bridgehead atoms. The molecule has 0 saturated heterocycles. The van der Waals surface area contributed by atoms with E-state index >= 15 is 0 Å². The van der Waals surface area contributed by atoms with Gasteiger partial charge in [-0.15, -0.1) is 0 Å². The van der Waals surface area contributed by atoms with E-state index in [2.05, 4.69) is 10.1 Å². The van der Waals surface area contributed by atoms with Gasteiger partial charge in [0, 0.05) is 6.54 Å². The first kappa shape index (κ1) is 13.9. The number of ether oxygens (including phenoxy) is 1. The standard InChI is InChI=1S/C10H20N2O3/c1-4-7(2)9(11)10(14)12-6-5-8(13)15-3/h7,9H,4-6,11H2,1-3H3,(H,12,14)/t7-,9-/m0/s1. The monoisotopic (exact) mass is 216 g/mol. The summed E-state index contributed by atoms with van der Waals surface area (Å²) in [5.74, 6) is -0.413. The molecule has 3 N–H and O–H groups in total. The van der Waals surface area contributed by atoms with Gasteiger partial charge in [0.05, 0.1) is 19.6 Å². The van der Waals surface area contributed by atoms with Crippen molar-refractivity contribution in [2.24, 2.45) is 11.7 Å². The highest BCUT2D eigenvalue weighted by Crippen LogP contribution is 2.04. The number of rotatable bonds is 6. The summed E-state index contributed by atoms with van der Waals surface area (Å²) in [5.41, 5.74) is 5.69. The number of nitrogens with one attached hydrogen (secondary N) is 1. The third-order valence-electron chi connectivity index (χ3n) is 2.42. The van der Waals surface area contributed by atoms with Crippen molar-refractivity contribution < 1.29 is 14.3 Å². The van der Waals surface area contributed by atoms with Gasteiger partial charge in [0.2, 0.25) is 5.91 Å². The molecule has 0 radical (unpaired) electrons. The van der Waals surface area contributed by atoms with E-state index in [0.29, 0.717) is 0 Å². The molecule has 0 rings (SSSR count). The summed E-state index contributed by atoms with van der Waals surface area (Å²) >= 11 is 0. The lowest BCUT2D eigenvalue weighted by Crippen LogP contribution is -2.45. The molecule has 5 nitrogen and oxygen atoms in total. The van der Waals surface area contributed by atoms with Crippen LogP contribution in [0.15, 0.2) is 0 Å². The zero-order valence-electron chi connectivity index (χ0n) is 9.58. The fourth-order valence-corrected chi connectivity index (χ4v) is 1.02. The number of esters is 1. The van der Waals surface area contributed by atoms with Crippen LogP contribution in [0.25, 0.3) is 0 Å². The molecular formula is C10H20N2O3. The molecule has 1 amide bonds. The third kappa shape index (κ3) is 5.37. The van der Waals surface area contributed by atoms with Crippen LogP contribution in [0.5, 0.6) is 0 Å². The van der Waals surface area contributed by atoms with Crippen LogP contribution in [0.4, 0.5) is 0 Å². The number of hydrogen-bond donors (Lipinski definition) is 2. The highest BCUT2D eigenvalue weighted by atomic mass is 16.5. The van der Waals surface area contributed by atoms with E-state index in [-0.39, 0.29) is 30.8 Å². The zero-order valence-corrected chi connectivity index (χ0v) is 9.58. The van der Waals surface area contributed by atoms with Crippen LogP contribution < -0.4 is 11.1 Å². The molecule has 0 fully saturated rings. The molecule has 88 valence electrons. The SMILES string of the molecule is CC[C@H](C)[C@H](N)C(=O)NCCC(=O)OC. The van der Waals surface area contributed by atoms with Gasteiger partial charge in [-0.05, 0) is 5.92 Å². The van der Waals surface area contributed by atoms with Crippen LogP contribution in [-0.4, -0.2) is 31.6 Å². The second-order valence-corrected chi connectivity index (χ2v) is 3.53. The first-order valence-corrected chi connectivity index (χ1v) is 5.13. The summed E-state index contributed by atoms with van der Waals surface area (Å²) in [6.45, 7) is 4.17. The van der Waals surface area contributed by atoms with Gasteiger partial charge in [-0.25, -0.2) is 0 Å². The minimum atomic E-state index is -0.507. The van der Waals surface area contributed by atoms with Crippen LogP contribution in [0, 0.1) is 5.92 Å². The summed E-state index contributed by atoms with van der Waals surface area (Å²) < 4.78 is 4.44. The maximum atomic E-state index is 11.4. The number of amides is 1. The van der Waals surface area contributed by atoms with E-state index in [1.54, 1.807) is 0 Å². The van der Waals surface area contributed by atoms with Crippen molar-refractivity contribution in [1.29, 1.82) is 0 Å². The Kier molecular flexibility index (Phi) is 6.70. The number of hydrogen-bond acceptors (Lipinski definition) is 4. The second-order valence-electron chi connectivity index (χ2n) is 3.53. The maximum absolute atomic E-state index is 11.4. The van der Waals surface area contributed by atoms with Gasteiger partial charge in [0.15, 0.2) is 0 Å². The van der Waals surface area contributed by atoms with E-state index in [4.69, 9.17) is 5.73 Å². The summed E-state index contributed by atoms with van der Waals surface area (Å²) in [5, 5.41) is 2.60. The summed E-state index contributed by atoms with van der Waals surface area (Å²) in [7, 11) is 1.31. The number of carbonyl (C=O) groups is 2. The van der Waals surface area contributed by atoms with Gasteiger partial charge < -0.3 is 15.8 Å². The van der Waals surface area contributed by atoms with Crippen LogP contribution >= 0.6 is 0 Å². The fourth-order valence-electron chi connectivity index (χ4n) is 1.02. The van der Waals surface area contributed by atoms with E-state index in [1.165, 1.54) is 7.11 Å². The van der Waals surface area contributed by atoms with Crippen molar-refractivity contribution in [1.82, 2.24) is 5.32 Å². The molecule has 0 aromatic carbocycles. The topological polar surface area (TPSA) is 81.4 Å². The molecule has 2 atom stereocenters. The van der Waals surface area contributed by atoms with Gasteiger partial charge in [-0.3, -0.25) is 9.59 Å². The molecule has 0 aromatic heterocycles. The molecule has 0 heterocycles. The summed E-state index contributed by atoms with van der Waals surface area (Å²) in [4.78, 5) is 22.2. The fraction of sp³-hybridized carbons (Fsp3) is 0.800. The molecule has 0 aliphatic heterocycles. The van der Waals surface area contributed by atoms with E-state index in [9.17, 15) is 9.59 Å². The summed E-state index contributed by atoms with van der Waals surface area (Å²) in [6.07, 6.45) is 1.03. The Morgan fingerprint density at radius 3 is 2.53 bits per heavy atom. The van der Waals surface area contributed by atoms with E-state index in [1.807, 2.05) is 13.8 Å². The summed E-state index contributed by atoms with van der Waals surface area (Å²) in [6, 6.07) is -0.507. The van der Waals surface area contributed by atoms with Crippen LogP contribution in [0.3, 0.4) is 0 Å². The van der Waals surface area contributed by atoms with Crippen molar-refractivity contribution in [3.63, 3.8) is 0 Å². The Hall–Kier alpha value is -1.10. The Bertz CT molecular complexity index is 219. The lowest BCUT2D eigenvalue weighted by atomic mass is 9.99. The Balaban J connectivity index is 3.78. The normalized spacial score (nSPS) is 14.1. The van der Waals surface area contributed by atoms with E-state index in [0.717, 1.165) is 6.42 Å². The highest BCUT2D eigenvalue weighted by molar-refractivity contribution is 5.82. The molecule has 0 aromatic rings. The molecular weight excluding hydrogens is 196 g/mol. The highest BCUT2D eigenvalue weighted by Gasteiger charge is 2.18. The third-order valence-corrected chi connectivity index (χ3v) is 2.42. The minimum Gasteiger partial charge on any atom is -0.469 e. The first-order chi connectivity index (χ1) is 7.02. The quantitative estimate of drug-likeness (QED) is 0.614. The van der Waals surface area contributed by atoms with Gasteiger partial charge >= 0.3 is 5.97 Å². The average Bonchev–Trinajstić information content (AvgIpc) is 2.26. The predicted octanol–water partition coefficient (Wildman–Crippen LogP) is 0.0391. The smallest absolute Gasteiger partial charge is 0.307 e. The largest absolute Gasteiger partial charge is 0.469 e. The number of methoxy groups -OCH3 is 1. The van der Waals surface area contributed by atoms with Gasteiger partial charge in [-0.1, -0.05) is 20.3 Å². The van der Waals surface area contributed by atoms with Crippen molar-refractivity contribution >= 4 is 11.9 Å². The Labute approximate surface area is 90.4 Å². The predicted molar refractivity (Wildman–Crippen MR) is 57.1 cm³/mol. The van der Waals surface area contributed by atoms with Crippen molar-refractivity contribution in [2.45, 2.75) is 32.7 Å². The lowest BCUT2D eigenvalue weighted by molar-refractivity contribution is -0.140. The van der Waals surface area contributed by atoms with Crippen molar-refractivity contribution in [3.05, 3.63) is 0 Å².